The van der Waals surface area contributed by atoms with Crippen LogP contribution in [0.2, 0.25) is 0 Å². The first kappa shape index (κ1) is 35.0. The molecule has 0 aliphatic heterocycles. The van der Waals surface area contributed by atoms with Crippen LogP contribution in [0.1, 0.15) is 91.3 Å². The molecule has 0 fully saturated rings. The third-order valence-electron chi connectivity index (χ3n) is 12.2. The van der Waals surface area contributed by atoms with Gasteiger partial charge < -0.3 is 0 Å². The maximum atomic E-state index is 5.08. The van der Waals surface area contributed by atoms with Crippen molar-refractivity contribution in [3.05, 3.63) is 198 Å². The van der Waals surface area contributed by atoms with Gasteiger partial charge in [0.25, 0.3) is 0 Å². The van der Waals surface area contributed by atoms with Crippen LogP contribution in [0.4, 0.5) is 0 Å². The van der Waals surface area contributed by atoms with Crippen LogP contribution in [-0.2, 0) is 0 Å². The first-order valence-corrected chi connectivity index (χ1v) is 20.6. The van der Waals surface area contributed by atoms with Gasteiger partial charge in [0.05, 0.1) is 17.1 Å². The SMILES string of the molecule is c1ccc(-c2ccc(C3=C(c4cc(C5=C(c6ccc(-c7ccccc7)nc6)CCC5)cc(C5=C(c6ccc(-c7ccccc7)nc6)CCC5)c4)CCC3)nc2)cc1. The third-order valence-corrected chi connectivity index (χ3v) is 12.2. The van der Waals surface area contributed by atoms with Gasteiger partial charge in [0.15, 0.2) is 0 Å². The van der Waals surface area contributed by atoms with E-state index < -0.39 is 0 Å². The van der Waals surface area contributed by atoms with Gasteiger partial charge in [0.1, 0.15) is 0 Å². The highest BCUT2D eigenvalue weighted by Crippen LogP contribution is 2.47. The largest absolute Gasteiger partial charge is 0.256 e. The van der Waals surface area contributed by atoms with Crippen LogP contribution in [0.25, 0.3) is 67.1 Å². The molecule has 4 aromatic carbocycles. The molecule has 3 aliphatic rings. The molecule has 0 N–H and O–H groups in total. The normalized spacial score (nSPS) is 15.6. The van der Waals surface area contributed by atoms with E-state index in [1.54, 1.807) is 0 Å². The number of nitrogens with zero attached hydrogens (tertiary/aromatic N) is 3. The Labute approximate surface area is 336 Å². The summed E-state index contributed by atoms with van der Waals surface area (Å²) >= 11 is 0. The van der Waals surface area contributed by atoms with Crippen molar-refractivity contribution in [2.75, 3.05) is 0 Å². The van der Waals surface area contributed by atoms with Gasteiger partial charge in [-0.2, -0.15) is 0 Å². The second-order valence-corrected chi connectivity index (χ2v) is 15.6. The van der Waals surface area contributed by atoms with Gasteiger partial charge in [-0.25, -0.2) is 0 Å². The van der Waals surface area contributed by atoms with E-state index in [4.69, 9.17) is 15.0 Å². The van der Waals surface area contributed by atoms with Gasteiger partial charge >= 0.3 is 0 Å². The maximum Gasteiger partial charge on any atom is 0.0702 e. The number of allylic oxidation sites excluding steroid dienone is 6. The molecule has 0 atom stereocenters. The smallest absolute Gasteiger partial charge is 0.0702 e. The van der Waals surface area contributed by atoms with Gasteiger partial charge in [-0.3, -0.25) is 15.0 Å². The average molecular weight is 736 g/mol. The average Bonchev–Trinajstić information content (AvgIpc) is 4.10. The molecule has 0 saturated carbocycles. The van der Waals surface area contributed by atoms with E-state index in [9.17, 15) is 0 Å². The molecule has 0 saturated heterocycles. The summed E-state index contributed by atoms with van der Waals surface area (Å²) in [5.74, 6) is 0. The lowest BCUT2D eigenvalue weighted by molar-refractivity contribution is 0.937. The Bertz CT molecular complexity index is 2320. The lowest BCUT2D eigenvalue weighted by atomic mass is 9.88. The fraction of sp³-hybridized carbons (Fsp3) is 0.167. The van der Waals surface area contributed by atoms with E-state index in [0.29, 0.717) is 0 Å². The first-order chi connectivity index (χ1) is 28.2. The summed E-state index contributed by atoms with van der Waals surface area (Å²) < 4.78 is 0. The van der Waals surface area contributed by atoms with Crippen LogP contribution in [0.3, 0.4) is 0 Å². The molecule has 7 aromatic rings. The molecule has 276 valence electrons. The van der Waals surface area contributed by atoms with Crippen molar-refractivity contribution >= 4 is 33.4 Å². The Morgan fingerprint density at radius 3 is 0.982 bits per heavy atom. The summed E-state index contributed by atoms with van der Waals surface area (Å²) in [5.41, 5.74) is 22.9. The number of pyridine rings is 3. The van der Waals surface area contributed by atoms with Gasteiger partial charge in [0.2, 0.25) is 0 Å². The molecular weight excluding hydrogens is 691 g/mol. The highest BCUT2D eigenvalue weighted by atomic mass is 14.7. The number of hydrogen-bond acceptors (Lipinski definition) is 3. The fourth-order valence-corrected chi connectivity index (χ4v) is 9.33. The molecular formula is C54H45N3. The van der Waals surface area contributed by atoms with Crippen molar-refractivity contribution in [3.63, 3.8) is 0 Å². The van der Waals surface area contributed by atoms with E-state index in [0.717, 1.165) is 91.6 Å². The Balaban J connectivity index is 1.08. The monoisotopic (exact) mass is 735 g/mol. The zero-order valence-corrected chi connectivity index (χ0v) is 32.3. The minimum atomic E-state index is 1.02. The number of rotatable bonds is 9. The van der Waals surface area contributed by atoms with Crippen molar-refractivity contribution in [2.24, 2.45) is 0 Å². The Morgan fingerprint density at radius 2 is 0.579 bits per heavy atom. The van der Waals surface area contributed by atoms with Gasteiger partial charge in [-0.1, -0.05) is 109 Å². The van der Waals surface area contributed by atoms with E-state index in [1.165, 1.54) is 66.8 Å². The molecule has 3 heterocycles. The molecule has 0 amide bonds. The van der Waals surface area contributed by atoms with E-state index in [1.807, 2.05) is 0 Å². The molecule has 3 heteroatoms. The summed E-state index contributed by atoms with van der Waals surface area (Å²) in [6, 6.07) is 52.4. The fourth-order valence-electron chi connectivity index (χ4n) is 9.33. The standard InChI is InChI=1S/C54H45N3/c1-4-13-37(14-5-1)40-25-30-54(57-34-40)51-24-12-23-50(51)45-32-43(48-21-10-19-46(48)41-26-28-52(55-35-41)38-15-6-2-7-16-38)31-44(33-45)49-22-11-20-47(49)42-27-29-53(56-36-42)39-17-8-3-9-18-39/h1-9,13-18,25-36H,10-12,19-24H2. The molecule has 3 nitrogen and oxygen atoms in total. The van der Waals surface area contributed by atoms with Crippen molar-refractivity contribution < 1.29 is 0 Å². The third kappa shape index (κ3) is 7.11. The van der Waals surface area contributed by atoms with Gasteiger partial charge in [-0.05, 0) is 161 Å². The predicted octanol–water partition coefficient (Wildman–Crippen LogP) is 14.2. The van der Waals surface area contributed by atoms with Crippen molar-refractivity contribution in [1.29, 1.82) is 0 Å². The Kier molecular flexibility index (Phi) is 9.57. The van der Waals surface area contributed by atoms with Crippen LogP contribution >= 0.6 is 0 Å². The lowest BCUT2D eigenvalue weighted by Crippen LogP contribution is -1.96. The van der Waals surface area contributed by atoms with Crippen LogP contribution in [0.15, 0.2) is 164 Å². The zero-order valence-electron chi connectivity index (χ0n) is 32.3. The van der Waals surface area contributed by atoms with Crippen LogP contribution in [-0.4, -0.2) is 15.0 Å². The van der Waals surface area contributed by atoms with Crippen LogP contribution in [0.5, 0.6) is 0 Å². The maximum absolute atomic E-state index is 5.08. The topological polar surface area (TPSA) is 38.7 Å². The summed E-state index contributed by atoms with van der Waals surface area (Å²) in [6.45, 7) is 0. The molecule has 3 aliphatic carbocycles. The highest BCUT2D eigenvalue weighted by molar-refractivity contribution is 5.99. The molecule has 0 bridgehead atoms. The van der Waals surface area contributed by atoms with Gasteiger partial charge in [-0.15, -0.1) is 0 Å². The number of hydrogen-bond donors (Lipinski definition) is 0. The second-order valence-electron chi connectivity index (χ2n) is 15.6. The molecule has 0 spiro atoms. The lowest BCUT2D eigenvalue weighted by Gasteiger charge is -2.17. The summed E-state index contributed by atoms with van der Waals surface area (Å²) in [6.07, 6.45) is 16.1. The van der Waals surface area contributed by atoms with Crippen LogP contribution < -0.4 is 0 Å². The molecule has 10 rings (SSSR count). The van der Waals surface area contributed by atoms with Crippen molar-refractivity contribution in [1.82, 2.24) is 15.0 Å². The van der Waals surface area contributed by atoms with E-state index in [-0.39, 0.29) is 0 Å². The first-order valence-electron chi connectivity index (χ1n) is 20.6. The molecule has 3 aromatic heterocycles. The molecule has 57 heavy (non-hydrogen) atoms. The minimum absolute atomic E-state index is 1.02. The second kappa shape index (κ2) is 15.6. The van der Waals surface area contributed by atoms with Gasteiger partial charge in [0, 0.05) is 35.3 Å². The summed E-state index contributed by atoms with van der Waals surface area (Å²) in [4.78, 5) is 15.0. The van der Waals surface area contributed by atoms with Crippen molar-refractivity contribution in [3.8, 4) is 33.6 Å². The highest BCUT2D eigenvalue weighted by Gasteiger charge is 2.25. The Hall–Kier alpha value is -6.45. The van der Waals surface area contributed by atoms with E-state index >= 15 is 0 Å². The quantitative estimate of drug-likeness (QED) is 0.148. The number of benzene rings is 4. The number of aromatic nitrogens is 3. The zero-order chi connectivity index (χ0) is 38.0. The minimum Gasteiger partial charge on any atom is -0.256 e. The van der Waals surface area contributed by atoms with Crippen LogP contribution in [0, 0.1) is 0 Å². The summed E-state index contributed by atoms with van der Waals surface area (Å²) in [7, 11) is 0. The Morgan fingerprint density at radius 1 is 0.246 bits per heavy atom. The molecule has 0 radical (unpaired) electrons. The predicted molar refractivity (Wildman–Crippen MR) is 237 cm³/mol. The molecule has 0 unspecified atom stereocenters. The van der Waals surface area contributed by atoms with E-state index in [2.05, 4.69) is 164 Å². The summed E-state index contributed by atoms with van der Waals surface area (Å²) in [5, 5.41) is 0. The van der Waals surface area contributed by atoms with Crippen molar-refractivity contribution in [2.45, 2.75) is 57.8 Å².